The second-order valence-electron chi connectivity index (χ2n) is 9.25. The molecule has 182 valence electrons. The standard InChI is InChI=1S/C25H24ClFN4O4/c26-16-6-3-4-14(22(16)27)8-9-20(33)19-10-25(13-32)11-21(25)31(19)24(35)29-17-12-30(23(28)34)18-7-2-1-5-15(17)18/h1-7,12,19,21,32H,8-11,13H2,(H2,28,34)(H,29,35)/t19-,21-,25+/m0/s1. The molecule has 1 saturated carbocycles. The molecule has 3 amide bonds. The molecule has 1 aromatic heterocycles. The van der Waals surface area contributed by atoms with Gasteiger partial charge in [-0.2, -0.15) is 0 Å². The van der Waals surface area contributed by atoms with Crippen LogP contribution in [0, 0.1) is 11.2 Å². The number of fused-ring (bicyclic) bond motifs is 2. The molecule has 2 aliphatic rings. The molecule has 2 aromatic carbocycles. The highest BCUT2D eigenvalue weighted by Gasteiger charge is 2.66. The zero-order chi connectivity index (χ0) is 24.9. The molecule has 1 aliphatic carbocycles. The number of benzene rings is 2. The maximum Gasteiger partial charge on any atom is 0.323 e. The van der Waals surface area contributed by atoms with Crippen molar-refractivity contribution >= 4 is 46.0 Å². The minimum atomic E-state index is -0.743. The number of piperidine rings is 1. The van der Waals surface area contributed by atoms with E-state index in [0.717, 1.165) is 0 Å². The lowest BCUT2D eigenvalue weighted by molar-refractivity contribution is -0.123. The van der Waals surface area contributed by atoms with Crippen molar-refractivity contribution in [3.05, 3.63) is 65.1 Å². The summed E-state index contributed by atoms with van der Waals surface area (Å²) in [6, 6.07) is 9.45. The van der Waals surface area contributed by atoms with Gasteiger partial charge < -0.3 is 21.1 Å². The number of likely N-dealkylation sites (tertiary alicyclic amines) is 1. The number of carbonyl (C=O) groups is 3. The van der Waals surface area contributed by atoms with Crippen LogP contribution in [0.2, 0.25) is 5.02 Å². The number of hydrogen-bond donors (Lipinski definition) is 3. The lowest BCUT2D eigenvalue weighted by atomic mass is 9.95. The summed E-state index contributed by atoms with van der Waals surface area (Å²) >= 11 is 5.84. The third-order valence-electron chi connectivity index (χ3n) is 7.20. The molecular weight excluding hydrogens is 475 g/mol. The molecule has 0 radical (unpaired) electrons. The average molecular weight is 499 g/mol. The summed E-state index contributed by atoms with van der Waals surface area (Å²) in [5.74, 6) is -0.761. The maximum absolute atomic E-state index is 14.3. The molecule has 1 aliphatic heterocycles. The molecule has 2 heterocycles. The van der Waals surface area contributed by atoms with Crippen molar-refractivity contribution in [1.82, 2.24) is 9.47 Å². The quantitative estimate of drug-likeness (QED) is 0.477. The van der Waals surface area contributed by atoms with Crippen molar-refractivity contribution in [2.24, 2.45) is 11.1 Å². The summed E-state index contributed by atoms with van der Waals surface area (Å²) in [6.07, 6.45) is 2.58. The van der Waals surface area contributed by atoms with Gasteiger partial charge in [0.1, 0.15) is 5.82 Å². The van der Waals surface area contributed by atoms with Crippen LogP contribution in [-0.4, -0.2) is 51.1 Å². The molecule has 4 N–H and O–H groups in total. The normalized spacial score (nSPS) is 22.8. The SMILES string of the molecule is NC(=O)n1cc(NC(=O)N2[C@H]3C[C@@]3(CO)C[C@H]2C(=O)CCc2cccc(Cl)c2F)c2ccccc21. The van der Waals surface area contributed by atoms with E-state index in [1.807, 2.05) is 0 Å². The number of nitrogens with one attached hydrogen (secondary N) is 1. The number of anilines is 1. The Hall–Kier alpha value is -3.43. The number of carbonyl (C=O) groups excluding carboxylic acids is 3. The lowest BCUT2D eigenvalue weighted by Crippen LogP contribution is -2.45. The van der Waals surface area contributed by atoms with E-state index in [0.29, 0.717) is 35.0 Å². The number of rotatable bonds is 6. The molecule has 1 saturated heterocycles. The van der Waals surface area contributed by atoms with Crippen LogP contribution < -0.4 is 11.1 Å². The molecule has 3 atom stereocenters. The van der Waals surface area contributed by atoms with E-state index in [1.165, 1.54) is 21.7 Å². The average Bonchev–Trinajstić information content (AvgIpc) is 3.27. The number of para-hydroxylation sites is 1. The number of Topliss-reactive ketones (excluding diaryl/α,β-unsaturated/α-hetero) is 1. The number of amides is 3. The minimum absolute atomic E-state index is 0.00702. The predicted molar refractivity (Wildman–Crippen MR) is 129 cm³/mol. The Morgan fingerprint density at radius 3 is 2.69 bits per heavy atom. The van der Waals surface area contributed by atoms with Gasteiger partial charge in [0, 0.05) is 29.5 Å². The Kier molecular flexibility index (Phi) is 5.77. The number of aliphatic hydroxyl groups excluding tert-OH is 1. The molecule has 3 aromatic rings. The molecule has 0 bridgehead atoms. The largest absolute Gasteiger partial charge is 0.396 e. The third-order valence-corrected chi connectivity index (χ3v) is 7.49. The van der Waals surface area contributed by atoms with Crippen molar-refractivity contribution < 1.29 is 23.9 Å². The van der Waals surface area contributed by atoms with Crippen molar-refractivity contribution in [3.8, 4) is 0 Å². The number of aryl methyl sites for hydroxylation is 1. The van der Waals surface area contributed by atoms with E-state index < -0.39 is 29.3 Å². The van der Waals surface area contributed by atoms with Gasteiger partial charge in [0.25, 0.3) is 0 Å². The first-order chi connectivity index (χ1) is 16.8. The summed E-state index contributed by atoms with van der Waals surface area (Å²) in [7, 11) is 0. The van der Waals surface area contributed by atoms with Crippen molar-refractivity contribution in [2.75, 3.05) is 11.9 Å². The zero-order valence-corrected chi connectivity index (χ0v) is 19.5. The second kappa shape index (κ2) is 8.66. The molecule has 35 heavy (non-hydrogen) atoms. The fraction of sp³-hybridized carbons (Fsp3) is 0.320. The fourth-order valence-corrected chi connectivity index (χ4v) is 5.43. The highest BCUT2D eigenvalue weighted by atomic mass is 35.5. The molecule has 8 nitrogen and oxygen atoms in total. The first-order valence-electron chi connectivity index (χ1n) is 11.3. The number of primary amides is 1. The number of hydrogen-bond acceptors (Lipinski definition) is 4. The van der Waals surface area contributed by atoms with E-state index in [-0.39, 0.29) is 36.3 Å². The zero-order valence-electron chi connectivity index (χ0n) is 18.7. The fourth-order valence-electron chi connectivity index (χ4n) is 5.23. The molecule has 10 heteroatoms. The minimum Gasteiger partial charge on any atom is -0.396 e. The smallest absolute Gasteiger partial charge is 0.323 e. The number of aromatic nitrogens is 1. The molecule has 2 fully saturated rings. The highest BCUT2D eigenvalue weighted by molar-refractivity contribution is 6.30. The molecule has 0 unspecified atom stereocenters. The van der Waals surface area contributed by atoms with Gasteiger partial charge in [0.2, 0.25) is 0 Å². The summed E-state index contributed by atoms with van der Waals surface area (Å²) in [6.45, 7) is -0.130. The van der Waals surface area contributed by atoms with E-state index in [9.17, 15) is 23.9 Å². The summed E-state index contributed by atoms with van der Waals surface area (Å²) in [5.41, 5.74) is 6.23. The Morgan fingerprint density at radius 1 is 1.17 bits per heavy atom. The van der Waals surface area contributed by atoms with Gasteiger partial charge in [0.15, 0.2) is 5.78 Å². The Morgan fingerprint density at radius 2 is 1.94 bits per heavy atom. The lowest BCUT2D eigenvalue weighted by Gasteiger charge is -2.27. The van der Waals surface area contributed by atoms with Crippen molar-refractivity contribution in [2.45, 2.75) is 37.8 Å². The Labute approximate surface area is 205 Å². The molecule has 5 rings (SSSR count). The second-order valence-corrected chi connectivity index (χ2v) is 9.65. The monoisotopic (exact) mass is 498 g/mol. The Balaban J connectivity index is 1.37. The first kappa shape index (κ1) is 23.3. The topological polar surface area (TPSA) is 118 Å². The van der Waals surface area contributed by atoms with Gasteiger partial charge >= 0.3 is 12.1 Å². The summed E-state index contributed by atoms with van der Waals surface area (Å²) < 4.78 is 15.5. The van der Waals surface area contributed by atoms with E-state index in [2.05, 4.69) is 5.32 Å². The van der Waals surface area contributed by atoms with E-state index in [4.69, 9.17) is 17.3 Å². The number of halogens is 2. The molecule has 0 spiro atoms. The third kappa shape index (κ3) is 3.94. The number of ketones is 1. The van der Waals surface area contributed by atoms with Gasteiger partial charge in [0.05, 0.1) is 28.9 Å². The number of aliphatic hydroxyl groups is 1. The summed E-state index contributed by atoms with van der Waals surface area (Å²) in [4.78, 5) is 39.9. The van der Waals surface area contributed by atoms with Crippen molar-refractivity contribution in [3.63, 3.8) is 0 Å². The van der Waals surface area contributed by atoms with Crippen LogP contribution in [0.5, 0.6) is 0 Å². The number of urea groups is 1. The van der Waals surface area contributed by atoms with Crippen LogP contribution in [0.1, 0.15) is 24.8 Å². The summed E-state index contributed by atoms with van der Waals surface area (Å²) in [5, 5.41) is 13.4. The predicted octanol–water partition coefficient (Wildman–Crippen LogP) is 3.92. The van der Waals surface area contributed by atoms with E-state index >= 15 is 0 Å². The van der Waals surface area contributed by atoms with Crippen LogP contribution in [0.15, 0.2) is 48.7 Å². The van der Waals surface area contributed by atoms with Crippen LogP contribution >= 0.6 is 11.6 Å². The van der Waals surface area contributed by atoms with Gasteiger partial charge in [-0.15, -0.1) is 0 Å². The number of nitrogens with two attached hydrogens (primary N) is 1. The van der Waals surface area contributed by atoms with Crippen LogP contribution in [0.3, 0.4) is 0 Å². The van der Waals surface area contributed by atoms with Crippen LogP contribution in [-0.2, 0) is 11.2 Å². The van der Waals surface area contributed by atoms with Crippen molar-refractivity contribution in [1.29, 1.82) is 0 Å². The van der Waals surface area contributed by atoms with E-state index in [1.54, 1.807) is 36.4 Å². The van der Waals surface area contributed by atoms with Gasteiger partial charge in [-0.3, -0.25) is 9.36 Å². The van der Waals surface area contributed by atoms with Gasteiger partial charge in [-0.1, -0.05) is 41.9 Å². The van der Waals surface area contributed by atoms with Crippen LogP contribution in [0.25, 0.3) is 10.9 Å². The van der Waals surface area contributed by atoms with Gasteiger partial charge in [-0.05, 0) is 37.0 Å². The maximum atomic E-state index is 14.3. The van der Waals surface area contributed by atoms with Gasteiger partial charge in [-0.25, -0.2) is 14.0 Å². The number of nitrogens with zero attached hydrogens (tertiary/aromatic N) is 2. The molecular formula is C25H24ClFN4O4. The highest BCUT2D eigenvalue weighted by Crippen LogP contribution is 2.59. The van der Waals surface area contributed by atoms with Crippen LogP contribution in [0.4, 0.5) is 19.7 Å². The first-order valence-corrected chi connectivity index (χ1v) is 11.7. The Bertz CT molecular complexity index is 1360.